The van der Waals surface area contributed by atoms with Gasteiger partial charge in [-0.05, 0) is 74.5 Å². The number of hydrogen-bond acceptors (Lipinski definition) is 7. The number of aromatic nitrogens is 2. The number of nitrogens with zero attached hydrogens (tertiary/aromatic N) is 2. The third-order valence-corrected chi connectivity index (χ3v) is 8.22. The molecule has 0 aliphatic rings. The summed E-state index contributed by atoms with van der Waals surface area (Å²) in [4.78, 5) is 21.0. The molecule has 0 saturated carbocycles. The van der Waals surface area contributed by atoms with Crippen LogP contribution in [-0.2, 0) is 20.0 Å². The van der Waals surface area contributed by atoms with E-state index >= 15 is 0 Å². The molecule has 10 nitrogen and oxygen atoms in total. The van der Waals surface area contributed by atoms with Crippen molar-refractivity contribution in [1.82, 2.24) is 9.97 Å². The average Bonchev–Trinajstić information content (AvgIpc) is 2.85. The summed E-state index contributed by atoms with van der Waals surface area (Å²) in [6.07, 6.45) is 0. The van der Waals surface area contributed by atoms with E-state index in [2.05, 4.69) is 24.7 Å². The Hall–Kier alpha value is -4.00. The standard InChI is InChI=1S/C25H22ClN5O5S2/c1-16-14-17(2)28-25(27-16)31-38(35,36)21-11-8-18(9-12-21)29-24(32)22-15-19(10-13-23(22)26)30-37(33,34)20-6-4-3-5-7-20/h3-15,30H,1-2H3,(H,29,32)(H,27,28,31). The van der Waals surface area contributed by atoms with Crippen LogP contribution >= 0.6 is 11.6 Å². The fraction of sp³-hybridized carbons (Fsp3) is 0.0800. The average molecular weight is 572 g/mol. The molecule has 0 bridgehead atoms. The lowest BCUT2D eigenvalue weighted by Gasteiger charge is -2.12. The predicted molar refractivity (Wildman–Crippen MR) is 145 cm³/mol. The summed E-state index contributed by atoms with van der Waals surface area (Å²) in [6.45, 7) is 3.45. The van der Waals surface area contributed by atoms with Gasteiger partial charge in [-0.2, -0.15) is 0 Å². The van der Waals surface area contributed by atoms with Crippen molar-refractivity contribution in [1.29, 1.82) is 0 Å². The van der Waals surface area contributed by atoms with Crippen LogP contribution in [0.3, 0.4) is 0 Å². The number of amides is 1. The number of carbonyl (C=O) groups is 1. The van der Waals surface area contributed by atoms with E-state index < -0.39 is 26.0 Å². The summed E-state index contributed by atoms with van der Waals surface area (Å²) >= 11 is 6.19. The van der Waals surface area contributed by atoms with Gasteiger partial charge in [0.05, 0.1) is 20.4 Å². The number of halogens is 1. The van der Waals surface area contributed by atoms with Crippen molar-refractivity contribution in [2.75, 3.05) is 14.8 Å². The van der Waals surface area contributed by atoms with Gasteiger partial charge in [0.25, 0.3) is 26.0 Å². The molecule has 4 rings (SSSR count). The van der Waals surface area contributed by atoms with Crippen molar-refractivity contribution in [3.05, 3.63) is 101 Å². The Morgan fingerprint density at radius 2 is 1.26 bits per heavy atom. The van der Waals surface area contributed by atoms with Crippen LogP contribution < -0.4 is 14.8 Å². The fourth-order valence-corrected chi connectivity index (χ4v) is 5.66. The molecule has 0 fully saturated rings. The van der Waals surface area contributed by atoms with E-state index in [1.807, 2.05) is 0 Å². The number of aryl methyl sites for hydroxylation is 2. The molecule has 1 heterocycles. The summed E-state index contributed by atoms with van der Waals surface area (Å²) < 4.78 is 55.4. The van der Waals surface area contributed by atoms with Gasteiger partial charge in [0, 0.05) is 22.8 Å². The fourth-order valence-electron chi connectivity index (χ4n) is 3.44. The number of anilines is 3. The Morgan fingerprint density at radius 1 is 0.711 bits per heavy atom. The molecule has 0 saturated heterocycles. The van der Waals surface area contributed by atoms with Gasteiger partial charge in [-0.3, -0.25) is 9.52 Å². The summed E-state index contributed by atoms with van der Waals surface area (Å²) in [6, 6.07) is 19.1. The second-order valence-corrected chi connectivity index (χ2v) is 11.9. The SMILES string of the molecule is Cc1cc(C)nc(NS(=O)(=O)c2ccc(NC(=O)c3cc(NS(=O)(=O)c4ccccc4)ccc3Cl)cc2)n1. The largest absolute Gasteiger partial charge is 0.322 e. The van der Waals surface area contributed by atoms with Crippen LogP contribution in [0.1, 0.15) is 21.7 Å². The van der Waals surface area contributed by atoms with Crippen LogP contribution in [0.2, 0.25) is 5.02 Å². The van der Waals surface area contributed by atoms with E-state index in [1.165, 1.54) is 54.6 Å². The summed E-state index contributed by atoms with van der Waals surface area (Å²) in [5.74, 6) is -0.662. The van der Waals surface area contributed by atoms with E-state index in [-0.39, 0.29) is 32.0 Å². The molecule has 38 heavy (non-hydrogen) atoms. The van der Waals surface area contributed by atoms with E-state index in [1.54, 1.807) is 38.1 Å². The smallest absolute Gasteiger partial charge is 0.264 e. The van der Waals surface area contributed by atoms with E-state index in [0.717, 1.165) is 0 Å². The van der Waals surface area contributed by atoms with Crippen molar-refractivity contribution in [2.24, 2.45) is 0 Å². The zero-order valence-corrected chi connectivity index (χ0v) is 22.5. The highest BCUT2D eigenvalue weighted by Crippen LogP contribution is 2.25. The maximum atomic E-state index is 12.9. The topological polar surface area (TPSA) is 147 Å². The van der Waals surface area contributed by atoms with Gasteiger partial charge in [0.1, 0.15) is 0 Å². The third-order valence-electron chi connectivity index (χ3n) is 5.15. The molecule has 1 amide bonds. The molecule has 13 heteroatoms. The number of rotatable bonds is 8. The number of carbonyl (C=O) groups excluding carboxylic acids is 1. The molecule has 4 aromatic rings. The molecule has 3 aromatic carbocycles. The molecule has 0 unspecified atom stereocenters. The van der Waals surface area contributed by atoms with Crippen LogP contribution in [0.25, 0.3) is 0 Å². The van der Waals surface area contributed by atoms with Crippen molar-refractivity contribution in [3.63, 3.8) is 0 Å². The van der Waals surface area contributed by atoms with Crippen molar-refractivity contribution >= 4 is 54.9 Å². The minimum atomic E-state index is -3.97. The molecular weight excluding hydrogens is 550 g/mol. The minimum absolute atomic E-state index is 0.0188. The number of sulfonamides is 2. The highest BCUT2D eigenvalue weighted by atomic mass is 35.5. The Labute approximate surface area is 225 Å². The first-order valence-electron chi connectivity index (χ1n) is 11.1. The monoisotopic (exact) mass is 571 g/mol. The minimum Gasteiger partial charge on any atom is -0.322 e. The number of benzene rings is 3. The van der Waals surface area contributed by atoms with Gasteiger partial charge in [0.2, 0.25) is 5.95 Å². The number of hydrogen-bond donors (Lipinski definition) is 3. The van der Waals surface area contributed by atoms with Gasteiger partial charge in [-0.25, -0.2) is 31.5 Å². The lowest BCUT2D eigenvalue weighted by atomic mass is 10.2. The van der Waals surface area contributed by atoms with Crippen LogP contribution in [0.15, 0.2) is 88.7 Å². The van der Waals surface area contributed by atoms with Gasteiger partial charge >= 0.3 is 0 Å². The molecule has 1 aromatic heterocycles. The number of nitrogens with one attached hydrogen (secondary N) is 3. The molecule has 0 spiro atoms. The first-order chi connectivity index (χ1) is 17.9. The first-order valence-corrected chi connectivity index (χ1v) is 14.4. The maximum Gasteiger partial charge on any atom is 0.264 e. The summed E-state index contributed by atoms with van der Waals surface area (Å²) in [5.41, 5.74) is 1.69. The molecule has 0 atom stereocenters. The molecule has 3 N–H and O–H groups in total. The van der Waals surface area contributed by atoms with Crippen LogP contribution in [0, 0.1) is 13.8 Å². The lowest BCUT2D eigenvalue weighted by Crippen LogP contribution is -2.17. The van der Waals surface area contributed by atoms with E-state index in [9.17, 15) is 21.6 Å². The molecule has 0 aliphatic heterocycles. The molecule has 0 radical (unpaired) electrons. The Kier molecular flexibility index (Phi) is 7.67. The zero-order chi connectivity index (χ0) is 27.5. The molecular formula is C25H22ClN5O5S2. The molecule has 0 aliphatic carbocycles. The third kappa shape index (κ3) is 6.46. The Bertz CT molecular complexity index is 1690. The second-order valence-electron chi connectivity index (χ2n) is 8.17. The van der Waals surface area contributed by atoms with Gasteiger partial charge in [-0.1, -0.05) is 29.8 Å². The zero-order valence-electron chi connectivity index (χ0n) is 20.1. The van der Waals surface area contributed by atoms with Crippen LogP contribution in [0.4, 0.5) is 17.3 Å². The second kappa shape index (κ2) is 10.8. The van der Waals surface area contributed by atoms with E-state index in [4.69, 9.17) is 11.6 Å². The molecule has 196 valence electrons. The maximum absolute atomic E-state index is 12.9. The van der Waals surface area contributed by atoms with Crippen LogP contribution in [-0.4, -0.2) is 32.7 Å². The van der Waals surface area contributed by atoms with Crippen molar-refractivity contribution in [3.8, 4) is 0 Å². The van der Waals surface area contributed by atoms with E-state index in [0.29, 0.717) is 17.1 Å². The summed E-state index contributed by atoms with van der Waals surface area (Å²) in [7, 11) is -7.84. The first kappa shape index (κ1) is 27.0. The van der Waals surface area contributed by atoms with Crippen LogP contribution in [0.5, 0.6) is 0 Å². The van der Waals surface area contributed by atoms with Gasteiger partial charge in [0.15, 0.2) is 0 Å². The Morgan fingerprint density at radius 3 is 1.89 bits per heavy atom. The van der Waals surface area contributed by atoms with Gasteiger partial charge < -0.3 is 5.32 Å². The highest BCUT2D eigenvalue weighted by molar-refractivity contribution is 7.93. The van der Waals surface area contributed by atoms with Crippen molar-refractivity contribution in [2.45, 2.75) is 23.6 Å². The quantitative estimate of drug-likeness (QED) is 0.280. The van der Waals surface area contributed by atoms with Gasteiger partial charge in [-0.15, -0.1) is 0 Å². The highest BCUT2D eigenvalue weighted by Gasteiger charge is 2.19. The summed E-state index contributed by atoms with van der Waals surface area (Å²) in [5, 5.41) is 2.72. The van der Waals surface area contributed by atoms with Crippen molar-refractivity contribution < 1.29 is 21.6 Å². The lowest BCUT2D eigenvalue weighted by molar-refractivity contribution is 0.102. The Balaban J connectivity index is 1.49. The normalized spacial score (nSPS) is 11.6. The predicted octanol–water partition coefficient (Wildman–Crippen LogP) is 4.60.